The zero-order valence-corrected chi connectivity index (χ0v) is 15.4. The van der Waals surface area contributed by atoms with E-state index in [4.69, 9.17) is 11.6 Å². The summed E-state index contributed by atoms with van der Waals surface area (Å²) in [7, 11) is -3.30. The molecule has 6 heteroatoms. The minimum Gasteiger partial charge on any atom is -0.300 e. The van der Waals surface area contributed by atoms with Gasteiger partial charge in [-0.1, -0.05) is 37.1 Å². The third-order valence-electron chi connectivity index (χ3n) is 4.41. The van der Waals surface area contributed by atoms with Crippen molar-refractivity contribution in [1.82, 2.24) is 9.62 Å². The van der Waals surface area contributed by atoms with Crippen molar-refractivity contribution in [2.45, 2.75) is 50.8 Å². The fourth-order valence-corrected chi connectivity index (χ4v) is 4.61. The summed E-state index contributed by atoms with van der Waals surface area (Å²) in [4.78, 5) is 2.51. The van der Waals surface area contributed by atoms with Gasteiger partial charge in [0.1, 0.15) is 0 Å². The molecule has 4 nitrogen and oxygen atoms in total. The van der Waals surface area contributed by atoms with Gasteiger partial charge in [-0.3, -0.25) is 0 Å². The average molecular weight is 359 g/mol. The summed E-state index contributed by atoms with van der Waals surface area (Å²) in [5, 5.41) is 0.563. The molecule has 1 atom stereocenters. The lowest BCUT2D eigenvalue weighted by molar-refractivity contribution is 0.143. The number of hydrogen-bond donors (Lipinski definition) is 1. The highest BCUT2D eigenvalue weighted by Gasteiger charge is 2.20. The predicted octanol–water partition coefficient (Wildman–Crippen LogP) is 3.41. The molecule has 23 heavy (non-hydrogen) atoms. The fraction of sp³-hybridized carbons (Fsp3) is 0.647. The van der Waals surface area contributed by atoms with Gasteiger partial charge in [-0.25, -0.2) is 13.1 Å². The Balaban J connectivity index is 1.74. The van der Waals surface area contributed by atoms with Crippen LogP contribution in [0.5, 0.6) is 0 Å². The third-order valence-corrected chi connectivity index (χ3v) is 6.00. The predicted molar refractivity (Wildman–Crippen MR) is 96.2 cm³/mol. The van der Waals surface area contributed by atoms with E-state index in [0.29, 0.717) is 23.2 Å². The summed E-state index contributed by atoms with van der Waals surface area (Å²) < 4.78 is 26.9. The van der Waals surface area contributed by atoms with Gasteiger partial charge in [0.05, 0.1) is 5.75 Å². The molecule has 0 saturated carbocycles. The summed E-state index contributed by atoms with van der Waals surface area (Å²) in [6, 6.07) is 7.67. The summed E-state index contributed by atoms with van der Waals surface area (Å²) in [6.45, 7) is 4.85. The van der Waals surface area contributed by atoms with Crippen molar-refractivity contribution in [3.8, 4) is 0 Å². The van der Waals surface area contributed by atoms with Crippen LogP contribution in [0.15, 0.2) is 24.3 Å². The Bertz CT molecular complexity index is 592. The Morgan fingerprint density at radius 3 is 2.91 bits per heavy atom. The maximum absolute atomic E-state index is 12.1. The van der Waals surface area contributed by atoms with Gasteiger partial charge in [-0.05, 0) is 56.5 Å². The lowest BCUT2D eigenvalue weighted by atomic mass is 10.00. The molecule has 0 amide bonds. The zero-order valence-electron chi connectivity index (χ0n) is 13.8. The van der Waals surface area contributed by atoms with E-state index in [1.54, 1.807) is 24.3 Å². The van der Waals surface area contributed by atoms with Gasteiger partial charge in [0.2, 0.25) is 10.0 Å². The molecule has 0 radical (unpaired) electrons. The van der Waals surface area contributed by atoms with E-state index in [1.165, 1.54) is 25.7 Å². The quantitative estimate of drug-likeness (QED) is 0.724. The molecule has 1 heterocycles. The first-order chi connectivity index (χ1) is 11.0. The highest BCUT2D eigenvalue weighted by atomic mass is 35.5. The number of likely N-dealkylation sites (tertiary alicyclic amines) is 1. The summed E-state index contributed by atoms with van der Waals surface area (Å²) in [5.41, 5.74) is 0.715. The maximum Gasteiger partial charge on any atom is 0.215 e. The van der Waals surface area contributed by atoms with Crippen molar-refractivity contribution < 1.29 is 8.42 Å². The van der Waals surface area contributed by atoms with Crippen LogP contribution in [0.1, 0.15) is 44.6 Å². The molecule has 130 valence electrons. The second-order valence-corrected chi connectivity index (χ2v) is 8.47. The van der Waals surface area contributed by atoms with Crippen molar-refractivity contribution in [3.05, 3.63) is 34.9 Å². The minimum absolute atomic E-state index is 0.0190. The number of halogens is 1. The van der Waals surface area contributed by atoms with Crippen LogP contribution in [0.3, 0.4) is 0 Å². The van der Waals surface area contributed by atoms with Gasteiger partial charge in [-0.2, -0.15) is 0 Å². The normalized spacial score (nSPS) is 19.8. The molecule has 0 unspecified atom stereocenters. The van der Waals surface area contributed by atoms with E-state index >= 15 is 0 Å². The molecule has 0 bridgehead atoms. The van der Waals surface area contributed by atoms with Crippen LogP contribution in [0.4, 0.5) is 0 Å². The van der Waals surface area contributed by atoms with Crippen LogP contribution in [0, 0.1) is 0 Å². The Hall–Kier alpha value is -0.620. The molecule has 2 rings (SSSR count). The monoisotopic (exact) mass is 358 g/mol. The number of rotatable bonds is 8. The van der Waals surface area contributed by atoms with E-state index in [2.05, 4.69) is 16.5 Å². The van der Waals surface area contributed by atoms with Crippen molar-refractivity contribution in [2.24, 2.45) is 0 Å². The number of nitrogens with zero attached hydrogens (tertiary/aromatic N) is 1. The van der Waals surface area contributed by atoms with E-state index in [0.717, 1.165) is 19.5 Å². The van der Waals surface area contributed by atoms with Gasteiger partial charge in [0, 0.05) is 17.6 Å². The second-order valence-electron chi connectivity index (χ2n) is 6.23. The molecule has 1 aliphatic rings. The Morgan fingerprint density at radius 1 is 1.35 bits per heavy atom. The first-order valence-electron chi connectivity index (χ1n) is 8.46. The standard InChI is InChI=1S/C17H27ClN2O2S/c1-2-17-9-3-4-11-20(17)12-6-10-19-23(21,22)14-15-7-5-8-16(18)13-15/h5,7-8,13,17,19H,2-4,6,9-12,14H2,1H3/t17-/m1/s1. The number of benzene rings is 1. The SMILES string of the molecule is CC[C@@H]1CCCCN1CCCNS(=O)(=O)Cc1cccc(Cl)c1. The van der Waals surface area contributed by atoms with Crippen LogP contribution >= 0.6 is 11.6 Å². The van der Waals surface area contributed by atoms with Gasteiger partial charge in [-0.15, -0.1) is 0 Å². The van der Waals surface area contributed by atoms with Crippen molar-refractivity contribution in [3.63, 3.8) is 0 Å². The van der Waals surface area contributed by atoms with E-state index in [9.17, 15) is 8.42 Å². The fourth-order valence-electron chi connectivity index (χ4n) is 3.22. The molecule has 1 aromatic carbocycles. The molecular formula is C17H27ClN2O2S. The number of piperidine rings is 1. The van der Waals surface area contributed by atoms with E-state index in [-0.39, 0.29) is 5.75 Å². The molecule has 1 aliphatic heterocycles. The molecule has 1 N–H and O–H groups in total. The summed E-state index contributed by atoms with van der Waals surface area (Å²) in [5.74, 6) is -0.0190. The Morgan fingerprint density at radius 2 is 2.17 bits per heavy atom. The van der Waals surface area contributed by atoms with Crippen molar-refractivity contribution in [2.75, 3.05) is 19.6 Å². The number of sulfonamides is 1. The van der Waals surface area contributed by atoms with Crippen molar-refractivity contribution in [1.29, 1.82) is 0 Å². The highest BCUT2D eigenvalue weighted by Crippen LogP contribution is 2.19. The second kappa shape index (κ2) is 9.02. The summed E-state index contributed by atoms with van der Waals surface area (Å²) >= 11 is 5.89. The topological polar surface area (TPSA) is 49.4 Å². The van der Waals surface area contributed by atoms with Crippen LogP contribution in [-0.4, -0.2) is 39.0 Å². The Labute approximate surface area is 145 Å². The van der Waals surface area contributed by atoms with Crippen molar-refractivity contribution >= 4 is 21.6 Å². The van der Waals surface area contributed by atoms with Crippen LogP contribution in [0.2, 0.25) is 5.02 Å². The largest absolute Gasteiger partial charge is 0.300 e. The van der Waals surface area contributed by atoms with Gasteiger partial charge >= 0.3 is 0 Å². The molecule has 1 fully saturated rings. The maximum atomic E-state index is 12.1. The van der Waals surface area contributed by atoms with Crippen LogP contribution in [0.25, 0.3) is 0 Å². The zero-order chi connectivity index (χ0) is 16.7. The molecule has 0 spiro atoms. The van der Waals surface area contributed by atoms with Crippen LogP contribution in [-0.2, 0) is 15.8 Å². The lowest BCUT2D eigenvalue weighted by Gasteiger charge is -2.35. The molecule has 1 saturated heterocycles. The average Bonchev–Trinajstić information content (AvgIpc) is 2.51. The highest BCUT2D eigenvalue weighted by molar-refractivity contribution is 7.88. The molecule has 0 aromatic heterocycles. The first kappa shape index (κ1) is 18.7. The van der Waals surface area contributed by atoms with Gasteiger partial charge < -0.3 is 4.90 Å². The summed E-state index contributed by atoms with van der Waals surface area (Å²) in [6.07, 6.45) is 5.89. The Kier molecular flexibility index (Phi) is 7.34. The third kappa shape index (κ3) is 6.42. The van der Waals surface area contributed by atoms with Gasteiger partial charge in [0.25, 0.3) is 0 Å². The smallest absolute Gasteiger partial charge is 0.215 e. The minimum atomic E-state index is -3.30. The number of nitrogens with one attached hydrogen (secondary N) is 1. The van der Waals surface area contributed by atoms with E-state index in [1.807, 2.05) is 0 Å². The lowest BCUT2D eigenvalue weighted by Crippen LogP contribution is -2.40. The first-order valence-corrected chi connectivity index (χ1v) is 10.5. The molecule has 0 aliphatic carbocycles. The molecular weight excluding hydrogens is 332 g/mol. The number of hydrogen-bond acceptors (Lipinski definition) is 3. The molecule has 1 aromatic rings. The van der Waals surface area contributed by atoms with Crippen LogP contribution < -0.4 is 4.72 Å². The van der Waals surface area contributed by atoms with Gasteiger partial charge in [0.15, 0.2) is 0 Å². The van der Waals surface area contributed by atoms with E-state index < -0.39 is 10.0 Å².